The standard InChI is InChI=1S/C39H32Br2N4O9S2/c1-53-33-23-21-31(35(46)37(33)55(49,50)42-25-13-5-3-6-14-25)45(39(48)44(29-19-11-9-17-27(29)40)30-20-12-10-18-28(30)41)32-22-24-34(54-2)38(36(32)47)56(51,52)43-26-15-7-4-8-16-26/h3-24,42-43,46-47H,1-2H3. The third-order valence-electron chi connectivity index (χ3n) is 8.23. The molecule has 17 heteroatoms. The fourth-order valence-corrected chi connectivity index (χ4v) is 9.32. The molecule has 6 aromatic rings. The highest BCUT2D eigenvalue weighted by atomic mass is 79.9. The Kier molecular flexibility index (Phi) is 11.8. The Bertz CT molecular complexity index is 2460. The number of carbonyl (C=O) groups excluding carboxylic acids is 1. The van der Waals surface area contributed by atoms with Crippen LogP contribution in [0.15, 0.2) is 152 Å². The second kappa shape index (κ2) is 16.5. The number of halogens is 2. The summed E-state index contributed by atoms with van der Waals surface area (Å²) in [4.78, 5) is 16.0. The molecule has 0 heterocycles. The quantitative estimate of drug-likeness (QED) is 0.0933. The molecule has 0 radical (unpaired) electrons. The number of aromatic hydroxyl groups is 2. The number of methoxy groups -OCH3 is 2. The van der Waals surface area contributed by atoms with Gasteiger partial charge < -0.3 is 19.7 Å². The number of rotatable bonds is 12. The molecule has 0 fully saturated rings. The Labute approximate surface area is 340 Å². The summed E-state index contributed by atoms with van der Waals surface area (Å²) < 4.78 is 72.6. The monoisotopic (exact) mass is 922 g/mol. The minimum absolute atomic E-state index is 0.162. The summed E-state index contributed by atoms with van der Waals surface area (Å²) in [6.07, 6.45) is 0. The zero-order valence-electron chi connectivity index (χ0n) is 29.4. The van der Waals surface area contributed by atoms with Gasteiger partial charge in [-0.1, -0.05) is 60.7 Å². The fourth-order valence-electron chi connectivity index (χ4n) is 5.75. The molecule has 56 heavy (non-hydrogen) atoms. The first-order valence-corrected chi connectivity index (χ1v) is 20.9. The molecule has 0 aromatic heterocycles. The number of nitrogens with one attached hydrogen (secondary N) is 2. The lowest BCUT2D eigenvalue weighted by Crippen LogP contribution is -2.39. The number of urea groups is 1. The van der Waals surface area contributed by atoms with Gasteiger partial charge in [-0.25, -0.2) is 21.6 Å². The number of carbonyl (C=O) groups is 1. The molecule has 4 N–H and O–H groups in total. The van der Waals surface area contributed by atoms with Crippen molar-refractivity contribution in [2.24, 2.45) is 0 Å². The van der Waals surface area contributed by atoms with Gasteiger partial charge in [0, 0.05) is 20.3 Å². The third-order valence-corrected chi connectivity index (χ3v) is 12.4. The summed E-state index contributed by atoms with van der Waals surface area (Å²) in [6.45, 7) is 0. The van der Waals surface area contributed by atoms with Crippen LogP contribution in [0.1, 0.15) is 0 Å². The van der Waals surface area contributed by atoms with E-state index in [1.807, 2.05) is 0 Å². The van der Waals surface area contributed by atoms with Crippen LogP contribution in [-0.4, -0.2) is 47.3 Å². The maximum atomic E-state index is 15.5. The molecule has 6 rings (SSSR count). The van der Waals surface area contributed by atoms with Gasteiger partial charge in [-0.15, -0.1) is 0 Å². The van der Waals surface area contributed by atoms with Crippen LogP contribution < -0.4 is 28.7 Å². The van der Waals surface area contributed by atoms with Gasteiger partial charge in [0.2, 0.25) is 0 Å². The Morgan fingerprint density at radius 1 is 0.518 bits per heavy atom. The van der Waals surface area contributed by atoms with E-state index in [2.05, 4.69) is 41.3 Å². The summed E-state index contributed by atoms with van der Waals surface area (Å²) in [5.74, 6) is -2.51. The van der Waals surface area contributed by atoms with E-state index in [0.29, 0.717) is 8.95 Å². The van der Waals surface area contributed by atoms with Crippen molar-refractivity contribution in [2.75, 3.05) is 33.5 Å². The number of benzene rings is 6. The number of hydrogen-bond donors (Lipinski definition) is 4. The number of anilines is 6. The zero-order valence-corrected chi connectivity index (χ0v) is 34.2. The molecule has 0 atom stereocenters. The molecule has 0 bridgehead atoms. The van der Waals surface area contributed by atoms with Gasteiger partial charge in [0.25, 0.3) is 20.0 Å². The lowest BCUT2D eigenvalue weighted by Gasteiger charge is -2.33. The van der Waals surface area contributed by atoms with Gasteiger partial charge in [0.05, 0.1) is 37.0 Å². The first kappa shape index (κ1) is 39.9. The maximum absolute atomic E-state index is 15.5. The van der Waals surface area contributed by atoms with Crippen LogP contribution in [0.4, 0.5) is 38.9 Å². The van der Waals surface area contributed by atoms with Crippen LogP contribution in [0.25, 0.3) is 0 Å². The third kappa shape index (κ3) is 7.97. The van der Waals surface area contributed by atoms with Crippen molar-refractivity contribution in [2.45, 2.75) is 9.79 Å². The van der Waals surface area contributed by atoms with Gasteiger partial charge >= 0.3 is 6.03 Å². The van der Waals surface area contributed by atoms with Gasteiger partial charge in [-0.3, -0.25) is 19.2 Å². The Morgan fingerprint density at radius 2 is 0.857 bits per heavy atom. The summed E-state index contributed by atoms with van der Waals surface area (Å²) in [6, 6.07) is 33.0. The second-order valence-electron chi connectivity index (χ2n) is 11.7. The average Bonchev–Trinajstić information content (AvgIpc) is 3.17. The van der Waals surface area contributed by atoms with Gasteiger partial charge in [-0.2, -0.15) is 0 Å². The highest BCUT2D eigenvalue weighted by molar-refractivity contribution is 9.11. The summed E-state index contributed by atoms with van der Waals surface area (Å²) in [5.41, 5.74) is -0.0636. The average molecular weight is 925 g/mol. The number of phenols is 2. The molecular weight excluding hydrogens is 892 g/mol. The van der Waals surface area contributed by atoms with Crippen LogP contribution in [-0.2, 0) is 20.0 Å². The Hall–Kier alpha value is -5.75. The van der Waals surface area contributed by atoms with Crippen molar-refractivity contribution < 1.29 is 41.3 Å². The highest BCUT2D eigenvalue weighted by Gasteiger charge is 2.38. The van der Waals surface area contributed by atoms with Gasteiger partial charge in [0.15, 0.2) is 21.3 Å². The molecule has 0 saturated heterocycles. The number of sulfonamides is 2. The maximum Gasteiger partial charge on any atom is 0.338 e. The predicted molar refractivity (Wildman–Crippen MR) is 222 cm³/mol. The molecule has 0 aliphatic rings. The Balaban J connectivity index is 1.66. The molecule has 288 valence electrons. The van der Waals surface area contributed by atoms with Gasteiger partial charge in [0.1, 0.15) is 11.5 Å². The van der Waals surface area contributed by atoms with E-state index < -0.39 is 58.7 Å². The largest absolute Gasteiger partial charge is 0.504 e. The molecule has 0 aliphatic carbocycles. The summed E-state index contributed by atoms with van der Waals surface area (Å²) in [7, 11) is -6.91. The minimum Gasteiger partial charge on any atom is -0.504 e. The van der Waals surface area contributed by atoms with Crippen molar-refractivity contribution in [3.8, 4) is 23.0 Å². The lowest BCUT2D eigenvalue weighted by atomic mass is 10.1. The van der Waals surface area contributed by atoms with E-state index in [1.165, 1.54) is 67.7 Å². The molecule has 6 aromatic carbocycles. The lowest BCUT2D eigenvalue weighted by molar-refractivity contribution is 0.255. The highest BCUT2D eigenvalue weighted by Crippen LogP contribution is 2.50. The van der Waals surface area contributed by atoms with Crippen LogP contribution in [0.5, 0.6) is 23.0 Å². The van der Waals surface area contributed by atoms with Crippen molar-refractivity contribution in [1.29, 1.82) is 0 Å². The summed E-state index contributed by atoms with van der Waals surface area (Å²) in [5, 5.41) is 24.2. The predicted octanol–water partition coefficient (Wildman–Crippen LogP) is 9.34. The van der Waals surface area contributed by atoms with Crippen molar-refractivity contribution in [1.82, 2.24) is 0 Å². The molecule has 0 saturated carbocycles. The number of ether oxygens (including phenoxy) is 2. The number of amides is 2. The Morgan fingerprint density at radius 3 is 1.21 bits per heavy atom. The number of hydrogen-bond acceptors (Lipinski definition) is 9. The van der Waals surface area contributed by atoms with E-state index in [4.69, 9.17) is 9.47 Å². The van der Waals surface area contributed by atoms with Gasteiger partial charge in [-0.05, 0) is 105 Å². The minimum atomic E-state index is -4.66. The van der Waals surface area contributed by atoms with Crippen molar-refractivity contribution in [3.63, 3.8) is 0 Å². The van der Waals surface area contributed by atoms with E-state index >= 15 is 4.79 Å². The SMILES string of the molecule is COc1ccc(N(C(=O)N(c2ccccc2Br)c2ccccc2Br)c2ccc(OC)c(S(=O)(=O)Nc3ccccc3)c2O)c(O)c1S(=O)(=O)Nc1ccccc1. The fraction of sp³-hybridized carbons (Fsp3) is 0.0513. The molecule has 13 nitrogen and oxygen atoms in total. The van der Waals surface area contributed by atoms with Crippen molar-refractivity contribution >= 4 is 92.1 Å². The van der Waals surface area contributed by atoms with Crippen LogP contribution in [0.2, 0.25) is 0 Å². The summed E-state index contributed by atoms with van der Waals surface area (Å²) >= 11 is 7.04. The molecule has 0 spiro atoms. The smallest absolute Gasteiger partial charge is 0.338 e. The number of phenolic OH excluding ortho intramolecular Hbond substituents is 2. The normalized spacial score (nSPS) is 11.4. The van der Waals surface area contributed by atoms with Crippen LogP contribution in [0, 0.1) is 0 Å². The molecule has 0 unspecified atom stereocenters. The number of nitrogens with zero attached hydrogens (tertiary/aromatic N) is 2. The zero-order chi connectivity index (χ0) is 40.2. The van der Waals surface area contributed by atoms with E-state index in [0.717, 1.165) is 4.90 Å². The topological polar surface area (TPSA) is 175 Å². The van der Waals surface area contributed by atoms with Crippen LogP contribution in [0.3, 0.4) is 0 Å². The molecular formula is C39H32Br2N4O9S2. The second-order valence-corrected chi connectivity index (χ2v) is 16.7. The first-order chi connectivity index (χ1) is 26.8. The number of para-hydroxylation sites is 4. The van der Waals surface area contributed by atoms with E-state index in [1.54, 1.807) is 84.9 Å². The van der Waals surface area contributed by atoms with E-state index in [-0.39, 0.29) is 34.2 Å². The van der Waals surface area contributed by atoms with Crippen LogP contribution >= 0.6 is 31.9 Å². The van der Waals surface area contributed by atoms with Crippen molar-refractivity contribution in [3.05, 3.63) is 142 Å². The first-order valence-electron chi connectivity index (χ1n) is 16.4. The van der Waals surface area contributed by atoms with E-state index in [9.17, 15) is 27.0 Å². The molecule has 2 amide bonds. The molecule has 0 aliphatic heterocycles.